The maximum atomic E-state index is 12.4. The van der Waals surface area contributed by atoms with E-state index in [9.17, 15) is 14.7 Å². The summed E-state index contributed by atoms with van der Waals surface area (Å²) in [5, 5.41) is 16.6. The first-order valence-electron chi connectivity index (χ1n) is 7.70. The zero-order valence-corrected chi connectivity index (χ0v) is 14.5. The molecule has 1 aromatic heterocycles. The van der Waals surface area contributed by atoms with Crippen molar-refractivity contribution in [1.82, 2.24) is 15.1 Å². The number of aryl methyl sites for hydroxylation is 1. The van der Waals surface area contributed by atoms with Crippen molar-refractivity contribution in [1.29, 1.82) is 0 Å². The number of carbonyl (C=O) groups excluding carboxylic acids is 1. The first-order chi connectivity index (χ1) is 11.3. The van der Waals surface area contributed by atoms with Gasteiger partial charge in [0.1, 0.15) is 6.04 Å². The molecule has 0 aliphatic carbocycles. The molecule has 0 aliphatic heterocycles. The Balaban J connectivity index is 2.27. The number of rotatable bonds is 6. The summed E-state index contributed by atoms with van der Waals surface area (Å²) in [5.74, 6) is -1.75. The lowest BCUT2D eigenvalue weighted by atomic mass is 9.99. The molecule has 0 radical (unpaired) electrons. The highest BCUT2D eigenvalue weighted by atomic mass is 35.5. The van der Waals surface area contributed by atoms with E-state index in [1.807, 2.05) is 19.1 Å². The molecule has 2 atom stereocenters. The highest BCUT2D eigenvalue weighted by Gasteiger charge is 2.27. The van der Waals surface area contributed by atoms with Gasteiger partial charge in [0.15, 0.2) is 5.69 Å². The molecule has 2 rings (SSSR count). The van der Waals surface area contributed by atoms with E-state index in [4.69, 9.17) is 11.6 Å². The molecule has 1 heterocycles. The summed E-state index contributed by atoms with van der Waals surface area (Å²) in [6, 6.07) is 7.82. The Bertz CT molecular complexity index is 757. The molecule has 1 amide bonds. The van der Waals surface area contributed by atoms with Crippen LogP contribution < -0.4 is 5.32 Å². The van der Waals surface area contributed by atoms with Crippen LogP contribution in [-0.2, 0) is 4.79 Å². The van der Waals surface area contributed by atoms with E-state index < -0.39 is 17.9 Å². The molecule has 2 aromatic rings. The average molecular weight is 350 g/mol. The third-order valence-electron chi connectivity index (χ3n) is 3.97. The van der Waals surface area contributed by atoms with Crippen molar-refractivity contribution in [3.05, 3.63) is 46.7 Å². The van der Waals surface area contributed by atoms with Crippen LogP contribution in [0.3, 0.4) is 0 Å². The van der Waals surface area contributed by atoms with E-state index in [0.717, 1.165) is 5.69 Å². The van der Waals surface area contributed by atoms with Crippen LogP contribution in [0.1, 0.15) is 36.5 Å². The van der Waals surface area contributed by atoms with Gasteiger partial charge in [-0.1, -0.05) is 44.0 Å². The number of nitrogens with one attached hydrogen (secondary N) is 1. The normalized spacial score (nSPS) is 13.3. The summed E-state index contributed by atoms with van der Waals surface area (Å²) >= 11 is 6.17. The summed E-state index contributed by atoms with van der Waals surface area (Å²) in [4.78, 5) is 23.7. The first-order valence-corrected chi connectivity index (χ1v) is 8.08. The molecule has 2 N–H and O–H groups in total. The Morgan fingerprint density at radius 1 is 1.38 bits per heavy atom. The maximum absolute atomic E-state index is 12.4. The Morgan fingerprint density at radius 3 is 2.62 bits per heavy atom. The topological polar surface area (TPSA) is 84.2 Å². The Morgan fingerprint density at radius 2 is 2.04 bits per heavy atom. The predicted octanol–water partition coefficient (Wildman–Crippen LogP) is 3.06. The number of halogens is 1. The maximum Gasteiger partial charge on any atom is 0.326 e. The summed E-state index contributed by atoms with van der Waals surface area (Å²) in [6.45, 7) is 5.46. The van der Waals surface area contributed by atoms with Crippen LogP contribution in [0.15, 0.2) is 30.3 Å². The number of aromatic nitrogens is 2. The van der Waals surface area contributed by atoms with Crippen molar-refractivity contribution in [3.63, 3.8) is 0 Å². The molecule has 0 aliphatic rings. The number of carboxylic acids is 1. The smallest absolute Gasteiger partial charge is 0.326 e. The summed E-state index contributed by atoms with van der Waals surface area (Å²) < 4.78 is 1.57. The number of aliphatic carboxylic acids is 1. The van der Waals surface area contributed by atoms with Gasteiger partial charge < -0.3 is 10.4 Å². The standard InChI is InChI=1S/C17H20ClN3O3/c1-4-10(2)15(17(23)24)19-16(22)13-9-11(3)21(20-13)14-8-6-5-7-12(14)18/h5-10,15H,4H2,1-3H3,(H,19,22)(H,23,24)/t10-,15-/m0/s1. The number of para-hydroxylation sites is 1. The highest BCUT2D eigenvalue weighted by Crippen LogP contribution is 2.21. The van der Waals surface area contributed by atoms with E-state index in [1.54, 1.807) is 36.7 Å². The third-order valence-corrected chi connectivity index (χ3v) is 4.29. The van der Waals surface area contributed by atoms with Gasteiger partial charge in [0, 0.05) is 5.69 Å². The second-order valence-electron chi connectivity index (χ2n) is 5.71. The van der Waals surface area contributed by atoms with E-state index in [1.165, 1.54) is 0 Å². The molecule has 6 nitrogen and oxygen atoms in total. The SMILES string of the molecule is CC[C@H](C)[C@H](NC(=O)c1cc(C)n(-c2ccccc2Cl)n1)C(=O)O. The van der Waals surface area contributed by atoms with Gasteiger partial charge in [-0.2, -0.15) is 5.10 Å². The van der Waals surface area contributed by atoms with Gasteiger partial charge >= 0.3 is 5.97 Å². The van der Waals surface area contributed by atoms with Crippen LogP contribution in [0.25, 0.3) is 5.69 Å². The Hall–Kier alpha value is -2.34. The van der Waals surface area contributed by atoms with Gasteiger partial charge in [-0.25, -0.2) is 9.48 Å². The van der Waals surface area contributed by atoms with Crippen LogP contribution in [0, 0.1) is 12.8 Å². The number of carboxylic acid groups (broad SMARTS) is 1. The van der Waals surface area contributed by atoms with Crippen molar-refractivity contribution in [2.45, 2.75) is 33.2 Å². The molecule has 0 fully saturated rings. The number of benzene rings is 1. The third kappa shape index (κ3) is 3.76. The summed E-state index contributed by atoms with van der Waals surface area (Å²) in [7, 11) is 0. The van der Waals surface area contributed by atoms with Gasteiger partial charge in [0.05, 0.1) is 10.7 Å². The van der Waals surface area contributed by atoms with Crippen LogP contribution in [-0.4, -0.2) is 32.8 Å². The number of amides is 1. The van der Waals surface area contributed by atoms with Gasteiger partial charge in [0.2, 0.25) is 0 Å². The molecular formula is C17H20ClN3O3. The van der Waals surface area contributed by atoms with Crippen molar-refractivity contribution in [2.24, 2.45) is 5.92 Å². The van der Waals surface area contributed by atoms with E-state index >= 15 is 0 Å². The fraction of sp³-hybridized carbons (Fsp3) is 0.353. The molecule has 1 aromatic carbocycles. The zero-order valence-electron chi connectivity index (χ0n) is 13.8. The van der Waals surface area contributed by atoms with Crippen LogP contribution in [0.2, 0.25) is 5.02 Å². The van der Waals surface area contributed by atoms with Gasteiger partial charge in [0.25, 0.3) is 5.91 Å². The summed E-state index contributed by atoms with van der Waals surface area (Å²) in [6.07, 6.45) is 0.643. The van der Waals surface area contributed by atoms with Crippen molar-refractivity contribution in [3.8, 4) is 5.69 Å². The molecule has 24 heavy (non-hydrogen) atoms. The van der Waals surface area contributed by atoms with E-state index in [-0.39, 0.29) is 11.6 Å². The molecule has 0 saturated carbocycles. The second kappa shape index (κ2) is 7.49. The number of carbonyl (C=O) groups is 2. The minimum Gasteiger partial charge on any atom is -0.480 e. The number of nitrogens with zero attached hydrogens (tertiary/aromatic N) is 2. The minimum absolute atomic E-state index is 0.155. The largest absolute Gasteiger partial charge is 0.480 e. The molecule has 7 heteroatoms. The Kier molecular flexibility index (Phi) is 5.62. The second-order valence-corrected chi connectivity index (χ2v) is 6.12. The molecule has 0 bridgehead atoms. The molecule has 0 unspecified atom stereocenters. The Labute approximate surface area is 145 Å². The molecule has 0 saturated heterocycles. The first kappa shape index (κ1) is 18.0. The fourth-order valence-corrected chi connectivity index (χ4v) is 2.57. The fourth-order valence-electron chi connectivity index (χ4n) is 2.35. The predicted molar refractivity (Wildman–Crippen MR) is 91.7 cm³/mol. The monoisotopic (exact) mass is 349 g/mol. The van der Waals surface area contributed by atoms with Crippen LogP contribution >= 0.6 is 11.6 Å². The molecular weight excluding hydrogens is 330 g/mol. The zero-order chi connectivity index (χ0) is 17.9. The molecule has 0 spiro atoms. The van der Waals surface area contributed by atoms with E-state index in [0.29, 0.717) is 17.1 Å². The van der Waals surface area contributed by atoms with Gasteiger partial charge in [-0.3, -0.25) is 4.79 Å². The van der Waals surface area contributed by atoms with Crippen LogP contribution in [0.4, 0.5) is 0 Å². The lowest BCUT2D eigenvalue weighted by molar-refractivity contribution is -0.140. The van der Waals surface area contributed by atoms with Gasteiger partial charge in [-0.15, -0.1) is 0 Å². The highest BCUT2D eigenvalue weighted by molar-refractivity contribution is 6.32. The quantitative estimate of drug-likeness (QED) is 0.839. The lowest BCUT2D eigenvalue weighted by Crippen LogP contribution is -2.45. The average Bonchev–Trinajstić information content (AvgIpc) is 2.93. The lowest BCUT2D eigenvalue weighted by Gasteiger charge is -2.19. The van der Waals surface area contributed by atoms with Gasteiger partial charge in [-0.05, 0) is 31.0 Å². The van der Waals surface area contributed by atoms with Crippen molar-refractivity contribution in [2.75, 3.05) is 0 Å². The number of hydrogen-bond donors (Lipinski definition) is 2. The van der Waals surface area contributed by atoms with Crippen LogP contribution in [0.5, 0.6) is 0 Å². The van der Waals surface area contributed by atoms with Crippen molar-refractivity contribution < 1.29 is 14.7 Å². The van der Waals surface area contributed by atoms with Crippen molar-refractivity contribution >= 4 is 23.5 Å². The minimum atomic E-state index is -1.06. The molecule has 128 valence electrons. The number of hydrogen-bond acceptors (Lipinski definition) is 3. The summed E-state index contributed by atoms with van der Waals surface area (Å²) in [5.41, 5.74) is 1.54. The van der Waals surface area contributed by atoms with E-state index in [2.05, 4.69) is 10.4 Å².